The van der Waals surface area contributed by atoms with Gasteiger partial charge in [0.2, 0.25) is 0 Å². The number of aryl methyl sites for hydroxylation is 1. The van der Waals surface area contributed by atoms with Crippen molar-refractivity contribution < 1.29 is 9.21 Å². The molecule has 3 heterocycles. The third-order valence-corrected chi connectivity index (χ3v) is 6.18. The molecule has 1 aromatic carbocycles. The van der Waals surface area contributed by atoms with Crippen LogP contribution in [0.3, 0.4) is 0 Å². The van der Waals surface area contributed by atoms with Crippen molar-refractivity contribution in [3.8, 4) is 0 Å². The maximum atomic E-state index is 12.8. The molecule has 0 spiro atoms. The van der Waals surface area contributed by atoms with Gasteiger partial charge in [-0.25, -0.2) is 0 Å². The topological polar surface area (TPSA) is 45.5 Å². The number of rotatable bonds is 5. The molecule has 5 heteroatoms. The zero-order chi connectivity index (χ0) is 17.9. The molecule has 4 rings (SSSR count). The summed E-state index contributed by atoms with van der Waals surface area (Å²) >= 11 is 1.76. The summed E-state index contributed by atoms with van der Waals surface area (Å²) in [6.45, 7) is 4.75. The zero-order valence-electron chi connectivity index (χ0n) is 15.0. The minimum atomic E-state index is -0.128. The van der Waals surface area contributed by atoms with Gasteiger partial charge in [0, 0.05) is 22.4 Å². The largest absolute Gasteiger partial charge is 0.451 e. The van der Waals surface area contributed by atoms with Crippen LogP contribution in [0.4, 0.5) is 0 Å². The lowest BCUT2D eigenvalue weighted by molar-refractivity contribution is 0.0899. The highest BCUT2D eigenvalue weighted by atomic mass is 32.1. The molecule has 1 amide bonds. The van der Waals surface area contributed by atoms with E-state index in [4.69, 9.17) is 4.42 Å². The second-order valence-electron chi connectivity index (χ2n) is 6.89. The van der Waals surface area contributed by atoms with Crippen LogP contribution in [0.5, 0.6) is 0 Å². The van der Waals surface area contributed by atoms with Crippen LogP contribution in [0.2, 0.25) is 0 Å². The van der Waals surface area contributed by atoms with Gasteiger partial charge >= 0.3 is 0 Å². The Morgan fingerprint density at radius 3 is 2.73 bits per heavy atom. The van der Waals surface area contributed by atoms with Crippen molar-refractivity contribution in [2.75, 3.05) is 19.6 Å². The number of piperidine rings is 1. The number of fused-ring (bicyclic) bond motifs is 1. The maximum Gasteiger partial charge on any atom is 0.287 e. The number of carbonyl (C=O) groups is 1. The van der Waals surface area contributed by atoms with Gasteiger partial charge in [-0.05, 0) is 50.4 Å². The first-order valence-electron chi connectivity index (χ1n) is 9.28. The van der Waals surface area contributed by atoms with E-state index >= 15 is 0 Å². The molecule has 0 radical (unpaired) electrons. The Hall–Kier alpha value is -2.11. The van der Waals surface area contributed by atoms with Gasteiger partial charge in [-0.2, -0.15) is 0 Å². The van der Waals surface area contributed by atoms with Crippen molar-refractivity contribution in [2.24, 2.45) is 0 Å². The molecule has 0 saturated carbocycles. The van der Waals surface area contributed by atoms with Gasteiger partial charge in [-0.1, -0.05) is 30.7 Å². The van der Waals surface area contributed by atoms with Gasteiger partial charge in [-0.3, -0.25) is 9.69 Å². The lowest BCUT2D eigenvalue weighted by Gasteiger charge is -2.34. The number of likely N-dealkylation sites (tertiary alicyclic amines) is 1. The van der Waals surface area contributed by atoms with Crippen LogP contribution >= 0.6 is 11.3 Å². The molecule has 1 aliphatic rings. The first-order chi connectivity index (χ1) is 12.7. The summed E-state index contributed by atoms with van der Waals surface area (Å²) in [6.07, 6.45) is 3.77. The summed E-state index contributed by atoms with van der Waals surface area (Å²) in [4.78, 5) is 16.6. The number of para-hydroxylation sites is 1. The number of nitrogens with one attached hydrogen (secondary N) is 1. The van der Waals surface area contributed by atoms with E-state index in [-0.39, 0.29) is 11.9 Å². The molecule has 136 valence electrons. The molecule has 0 aliphatic carbocycles. The molecule has 3 aromatic rings. The van der Waals surface area contributed by atoms with E-state index in [0.717, 1.165) is 29.6 Å². The number of amides is 1. The van der Waals surface area contributed by atoms with Crippen LogP contribution in [0.25, 0.3) is 11.0 Å². The number of carbonyl (C=O) groups excluding carboxylic acids is 1. The highest BCUT2D eigenvalue weighted by Gasteiger charge is 2.25. The van der Waals surface area contributed by atoms with Crippen molar-refractivity contribution >= 4 is 28.2 Å². The lowest BCUT2D eigenvalue weighted by Crippen LogP contribution is -2.40. The molecule has 1 fully saturated rings. The maximum absolute atomic E-state index is 12.8. The van der Waals surface area contributed by atoms with Crippen LogP contribution in [-0.4, -0.2) is 30.4 Å². The predicted molar refractivity (Wildman–Crippen MR) is 106 cm³/mol. The summed E-state index contributed by atoms with van der Waals surface area (Å²) in [5, 5.41) is 6.23. The van der Waals surface area contributed by atoms with E-state index in [1.54, 1.807) is 11.3 Å². The van der Waals surface area contributed by atoms with Crippen molar-refractivity contribution in [1.29, 1.82) is 0 Å². The van der Waals surface area contributed by atoms with Gasteiger partial charge in [0.25, 0.3) is 5.91 Å². The first-order valence-corrected chi connectivity index (χ1v) is 10.2. The van der Waals surface area contributed by atoms with Crippen molar-refractivity contribution in [3.63, 3.8) is 0 Å². The lowest BCUT2D eigenvalue weighted by atomic mass is 10.1. The predicted octanol–water partition coefficient (Wildman–Crippen LogP) is 4.76. The van der Waals surface area contributed by atoms with Crippen molar-refractivity contribution in [3.05, 3.63) is 58.0 Å². The minimum Gasteiger partial charge on any atom is -0.451 e. The summed E-state index contributed by atoms with van der Waals surface area (Å²) in [7, 11) is 0. The number of thiophene rings is 1. The molecule has 1 aliphatic heterocycles. The van der Waals surface area contributed by atoms with Gasteiger partial charge in [-0.15, -0.1) is 11.3 Å². The van der Waals surface area contributed by atoms with Crippen molar-refractivity contribution in [1.82, 2.24) is 10.2 Å². The Bertz CT molecular complexity index is 879. The van der Waals surface area contributed by atoms with Crippen LogP contribution in [0, 0.1) is 6.92 Å². The Labute approximate surface area is 157 Å². The standard InChI is InChI=1S/C21H24N2O2S/c1-15-16-8-3-4-9-18(16)25-20(15)21(24)22-14-17(19-10-7-13-26-19)23-11-5-2-6-12-23/h3-4,7-10,13,17H,2,5-6,11-12,14H2,1H3,(H,22,24). The number of hydrogen-bond donors (Lipinski definition) is 1. The van der Waals surface area contributed by atoms with Gasteiger partial charge in [0.1, 0.15) is 5.58 Å². The number of nitrogens with zero attached hydrogens (tertiary/aromatic N) is 1. The first kappa shape index (κ1) is 17.3. The van der Waals surface area contributed by atoms with E-state index in [2.05, 4.69) is 27.7 Å². The Balaban J connectivity index is 1.51. The van der Waals surface area contributed by atoms with Crippen LogP contribution in [0.15, 0.2) is 46.2 Å². The normalized spacial score (nSPS) is 16.7. The van der Waals surface area contributed by atoms with E-state index < -0.39 is 0 Å². The summed E-state index contributed by atoms with van der Waals surface area (Å²) in [5.41, 5.74) is 1.67. The number of hydrogen-bond acceptors (Lipinski definition) is 4. The van der Waals surface area contributed by atoms with E-state index in [9.17, 15) is 4.79 Å². The monoisotopic (exact) mass is 368 g/mol. The molecule has 0 bridgehead atoms. The molecular weight excluding hydrogens is 344 g/mol. The Morgan fingerprint density at radius 1 is 1.19 bits per heavy atom. The van der Waals surface area contributed by atoms with E-state index in [1.807, 2.05) is 31.2 Å². The average molecular weight is 369 g/mol. The van der Waals surface area contributed by atoms with Crippen molar-refractivity contribution in [2.45, 2.75) is 32.2 Å². The number of benzene rings is 1. The molecule has 1 unspecified atom stereocenters. The van der Waals surface area contributed by atoms with E-state index in [1.165, 1.54) is 24.1 Å². The smallest absolute Gasteiger partial charge is 0.287 e. The molecule has 26 heavy (non-hydrogen) atoms. The average Bonchev–Trinajstić information content (AvgIpc) is 3.32. The van der Waals surface area contributed by atoms with Gasteiger partial charge < -0.3 is 9.73 Å². The third kappa shape index (κ3) is 3.41. The fraction of sp³-hybridized carbons (Fsp3) is 0.381. The molecule has 1 saturated heterocycles. The van der Waals surface area contributed by atoms with Gasteiger partial charge in [0.15, 0.2) is 5.76 Å². The third-order valence-electron chi connectivity index (χ3n) is 5.21. The molecule has 1 atom stereocenters. The fourth-order valence-corrected chi connectivity index (χ4v) is 4.64. The summed E-state index contributed by atoms with van der Waals surface area (Å²) in [5.74, 6) is 0.298. The zero-order valence-corrected chi connectivity index (χ0v) is 15.8. The molecular formula is C21H24N2O2S. The Kier molecular flexibility index (Phi) is 5.09. The minimum absolute atomic E-state index is 0.128. The Morgan fingerprint density at radius 2 is 2.00 bits per heavy atom. The summed E-state index contributed by atoms with van der Waals surface area (Å²) in [6, 6.07) is 12.3. The van der Waals surface area contributed by atoms with Crippen LogP contribution in [-0.2, 0) is 0 Å². The number of furan rings is 1. The second kappa shape index (κ2) is 7.64. The second-order valence-corrected chi connectivity index (χ2v) is 7.87. The van der Waals surface area contributed by atoms with Crippen LogP contribution in [0.1, 0.15) is 46.3 Å². The highest BCUT2D eigenvalue weighted by Crippen LogP contribution is 2.28. The molecule has 2 aromatic heterocycles. The van der Waals surface area contributed by atoms with Gasteiger partial charge in [0.05, 0.1) is 6.04 Å². The van der Waals surface area contributed by atoms with E-state index in [0.29, 0.717) is 12.3 Å². The highest BCUT2D eigenvalue weighted by molar-refractivity contribution is 7.10. The molecule has 4 nitrogen and oxygen atoms in total. The SMILES string of the molecule is Cc1c(C(=O)NCC(c2cccs2)N2CCCCC2)oc2ccccc12. The fourth-order valence-electron chi connectivity index (χ4n) is 3.78. The molecule has 1 N–H and O–H groups in total. The summed E-state index contributed by atoms with van der Waals surface area (Å²) < 4.78 is 5.81. The quantitative estimate of drug-likeness (QED) is 0.706. The van der Waals surface area contributed by atoms with Crippen LogP contribution < -0.4 is 5.32 Å².